The van der Waals surface area contributed by atoms with Gasteiger partial charge in [-0.3, -0.25) is 0 Å². The number of halogens is 1. The molecular formula is C11H11ClN2OS. The van der Waals surface area contributed by atoms with Crippen molar-refractivity contribution in [3.8, 4) is 5.75 Å². The first-order valence-electron chi connectivity index (χ1n) is 4.83. The second kappa shape index (κ2) is 4.80. The molecule has 0 unspecified atom stereocenters. The summed E-state index contributed by atoms with van der Waals surface area (Å²) in [6, 6.07) is 6.07. The van der Waals surface area contributed by atoms with Gasteiger partial charge in [-0.1, -0.05) is 29.0 Å². The van der Waals surface area contributed by atoms with Gasteiger partial charge in [0.15, 0.2) is 5.01 Å². The quantitative estimate of drug-likeness (QED) is 0.842. The van der Waals surface area contributed by atoms with Crippen LogP contribution >= 0.6 is 22.9 Å². The van der Waals surface area contributed by atoms with Gasteiger partial charge in [0.05, 0.1) is 0 Å². The van der Waals surface area contributed by atoms with Gasteiger partial charge in [-0.15, -0.1) is 10.2 Å². The van der Waals surface area contributed by atoms with Gasteiger partial charge in [0.2, 0.25) is 4.47 Å². The van der Waals surface area contributed by atoms with Gasteiger partial charge in [-0.05, 0) is 37.1 Å². The molecule has 0 aliphatic rings. The summed E-state index contributed by atoms with van der Waals surface area (Å²) in [6.45, 7) is 4.49. The van der Waals surface area contributed by atoms with Gasteiger partial charge >= 0.3 is 0 Å². The van der Waals surface area contributed by atoms with Crippen LogP contribution in [-0.2, 0) is 6.61 Å². The molecule has 3 nitrogen and oxygen atoms in total. The first-order valence-corrected chi connectivity index (χ1v) is 6.02. The molecule has 0 radical (unpaired) electrons. The number of hydrogen-bond acceptors (Lipinski definition) is 4. The summed E-state index contributed by atoms with van der Waals surface area (Å²) in [5.41, 5.74) is 2.35. The summed E-state index contributed by atoms with van der Waals surface area (Å²) < 4.78 is 6.08. The van der Waals surface area contributed by atoms with Crippen molar-refractivity contribution in [3.63, 3.8) is 0 Å². The molecule has 1 heterocycles. The predicted octanol–water partition coefficient (Wildman–Crippen LogP) is 3.39. The summed E-state index contributed by atoms with van der Waals surface area (Å²) in [5, 5.41) is 8.39. The van der Waals surface area contributed by atoms with Crippen LogP contribution in [0.25, 0.3) is 0 Å². The zero-order chi connectivity index (χ0) is 11.5. The van der Waals surface area contributed by atoms with Crippen LogP contribution in [0.2, 0.25) is 4.47 Å². The van der Waals surface area contributed by atoms with Crippen LogP contribution in [-0.4, -0.2) is 10.2 Å². The van der Waals surface area contributed by atoms with Crippen LogP contribution in [0.5, 0.6) is 5.75 Å². The molecule has 2 rings (SSSR count). The highest BCUT2D eigenvalue weighted by atomic mass is 35.5. The fraction of sp³-hybridized carbons (Fsp3) is 0.273. The van der Waals surface area contributed by atoms with E-state index in [9.17, 15) is 0 Å². The van der Waals surface area contributed by atoms with E-state index in [0.29, 0.717) is 11.1 Å². The van der Waals surface area contributed by atoms with Crippen LogP contribution in [0, 0.1) is 13.8 Å². The Labute approximate surface area is 103 Å². The third-order valence-corrected chi connectivity index (χ3v) is 3.12. The molecule has 0 spiro atoms. The van der Waals surface area contributed by atoms with Crippen molar-refractivity contribution in [2.75, 3.05) is 0 Å². The van der Waals surface area contributed by atoms with E-state index >= 15 is 0 Å². The highest BCUT2D eigenvalue weighted by Crippen LogP contribution is 2.21. The van der Waals surface area contributed by atoms with Crippen molar-refractivity contribution in [1.82, 2.24) is 10.2 Å². The van der Waals surface area contributed by atoms with E-state index in [1.165, 1.54) is 16.9 Å². The van der Waals surface area contributed by atoms with Gasteiger partial charge in [-0.25, -0.2) is 0 Å². The Kier molecular flexibility index (Phi) is 3.41. The molecular weight excluding hydrogens is 244 g/mol. The standard InChI is InChI=1S/C11H11ClN2OS/c1-7-3-4-9(8(2)5-7)15-6-10-13-14-11(12)16-10/h3-5H,6H2,1-2H3. The zero-order valence-electron chi connectivity index (χ0n) is 9.03. The van der Waals surface area contributed by atoms with E-state index < -0.39 is 0 Å². The van der Waals surface area contributed by atoms with Crippen molar-refractivity contribution in [3.05, 3.63) is 38.8 Å². The molecule has 0 aliphatic heterocycles. The lowest BCUT2D eigenvalue weighted by atomic mass is 10.1. The molecule has 1 aromatic heterocycles. The highest BCUT2D eigenvalue weighted by molar-refractivity contribution is 7.15. The molecule has 0 saturated carbocycles. The monoisotopic (exact) mass is 254 g/mol. The minimum Gasteiger partial charge on any atom is -0.486 e. The maximum Gasteiger partial charge on any atom is 0.207 e. The van der Waals surface area contributed by atoms with Gasteiger partial charge < -0.3 is 4.74 Å². The Bertz CT molecular complexity index is 498. The fourth-order valence-corrected chi connectivity index (χ4v) is 2.17. The van der Waals surface area contributed by atoms with Gasteiger partial charge in [0.1, 0.15) is 12.4 Å². The second-order valence-electron chi connectivity index (χ2n) is 3.51. The fourth-order valence-electron chi connectivity index (χ4n) is 1.39. The van der Waals surface area contributed by atoms with E-state index in [2.05, 4.69) is 23.2 Å². The number of aromatic nitrogens is 2. The van der Waals surface area contributed by atoms with E-state index in [-0.39, 0.29) is 0 Å². The molecule has 0 fully saturated rings. The minimum absolute atomic E-state index is 0.411. The van der Waals surface area contributed by atoms with Crippen LogP contribution < -0.4 is 4.74 Å². The summed E-state index contributed by atoms with van der Waals surface area (Å²) >= 11 is 7.02. The topological polar surface area (TPSA) is 35.0 Å². The number of aryl methyl sites for hydroxylation is 2. The Balaban J connectivity index is 2.04. The summed E-state index contributed by atoms with van der Waals surface area (Å²) in [6.07, 6.45) is 0. The highest BCUT2D eigenvalue weighted by Gasteiger charge is 2.04. The lowest BCUT2D eigenvalue weighted by molar-refractivity contribution is 0.302. The Morgan fingerprint density at radius 3 is 2.75 bits per heavy atom. The van der Waals surface area contributed by atoms with Crippen molar-refractivity contribution >= 4 is 22.9 Å². The lowest BCUT2D eigenvalue weighted by Crippen LogP contribution is -1.96. The Morgan fingerprint density at radius 2 is 2.12 bits per heavy atom. The molecule has 0 N–H and O–H groups in total. The van der Waals surface area contributed by atoms with Crippen LogP contribution in [0.3, 0.4) is 0 Å². The molecule has 5 heteroatoms. The molecule has 84 valence electrons. The van der Waals surface area contributed by atoms with E-state index in [0.717, 1.165) is 16.3 Å². The maximum atomic E-state index is 5.68. The number of hydrogen-bond donors (Lipinski definition) is 0. The Hall–Kier alpha value is -1.13. The predicted molar refractivity (Wildman–Crippen MR) is 65.2 cm³/mol. The van der Waals surface area contributed by atoms with E-state index in [1.807, 2.05) is 19.1 Å². The molecule has 0 atom stereocenters. The SMILES string of the molecule is Cc1ccc(OCc2nnc(Cl)s2)c(C)c1. The normalized spacial score (nSPS) is 10.4. The molecule has 0 aliphatic carbocycles. The number of ether oxygens (including phenoxy) is 1. The van der Waals surface area contributed by atoms with Crippen molar-refractivity contribution in [2.24, 2.45) is 0 Å². The average Bonchev–Trinajstić information content (AvgIpc) is 2.63. The molecule has 2 aromatic rings. The van der Waals surface area contributed by atoms with E-state index in [1.54, 1.807) is 0 Å². The van der Waals surface area contributed by atoms with Crippen molar-refractivity contribution in [2.45, 2.75) is 20.5 Å². The lowest BCUT2D eigenvalue weighted by Gasteiger charge is -2.07. The van der Waals surface area contributed by atoms with Crippen molar-refractivity contribution < 1.29 is 4.74 Å². The van der Waals surface area contributed by atoms with Crippen LogP contribution in [0.4, 0.5) is 0 Å². The van der Waals surface area contributed by atoms with Gasteiger partial charge in [-0.2, -0.15) is 0 Å². The number of nitrogens with zero attached hydrogens (tertiary/aromatic N) is 2. The van der Waals surface area contributed by atoms with Crippen LogP contribution in [0.15, 0.2) is 18.2 Å². The number of rotatable bonds is 3. The average molecular weight is 255 g/mol. The first kappa shape index (κ1) is 11.4. The van der Waals surface area contributed by atoms with Crippen LogP contribution in [0.1, 0.15) is 16.1 Å². The minimum atomic E-state index is 0.411. The molecule has 1 aromatic carbocycles. The molecule has 0 saturated heterocycles. The van der Waals surface area contributed by atoms with E-state index in [4.69, 9.17) is 16.3 Å². The third-order valence-electron chi connectivity index (χ3n) is 2.12. The molecule has 0 bridgehead atoms. The first-order chi connectivity index (χ1) is 7.65. The van der Waals surface area contributed by atoms with Gasteiger partial charge in [0, 0.05) is 0 Å². The van der Waals surface area contributed by atoms with Gasteiger partial charge in [0.25, 0.3) is 0 Å². The Morgan fingerprint density at radius 1 is 1.31 bits per heavy atom. The second-order valence-corrected chi connectivity index (χ2v) is 5.15. The number of benzene rings is 1. The summed E-state index contributed by atoms with van der Waals surface area (Å²) in [7, 11) is 0. The van der Waals surface area contributed by atoms with Crippen molar-refractivity contribution in [1.29, 1.82) is 0 Å². The summed E-state index contributed by atoms with van der Waals surface area (Å²) in [5.74, 6) is 0.872. The molecule has 0 amide bonds. The largest absolute Gasteiger partial charge is 0.486 e. The summed E-state index contributed by atoms with van der Waals surface area (Å²) in [4.78, 5) is 0. The molecule has 16 heavy (non-hydrogen) atoms. The third kappa shape index (κ3) is 2.71. The smallest absolute Gasteiger partial charge is 0.207 e. The maximum absolute atomic E-state index is 5.68. The zero-order valence-corrected chi connectivity index (χ0v) is 10.6.